The summed E-state index contributed by atoms with van der Waals surface area (Å²) in [7, 11) is 0. The molecule has 0 bridgehead atoms. The van der Waals surface area contributed by atoms with Gasteiger partial charge in [-0.15, -0.1) is 0 Å². The number of aldehydes is 1. The summed E-state index contributed by atoms with van der Waals surface area (Å²) in [6, 6.07) is 25.8. The van der Waals surface area contributed by atoms with Gasteiger partial charge in [0, 0.05) is 30.8 Å². The van der Waals surface area contributed by atoms with E-state index in [4.69, 9.17) is 14.5 Å². The molecule has 1 aliphatic heterocycles. The summed E-state index contributed by atoms with van der Waals surface area (Å²) in [5, 5.41) is 2.62. The number of esters is 1. The Morgan fingerprint density at radius 1 is 0.933 bits per heavy atom. The Labute approximate surface area is 263 Å². The fourth-order valence-corrected chi connectivity index (χ4v) is 5.49. The van der Waals surface area contributed by atoms with Crippen LogP contribution in [-0.4, -0.2) is 54.4 Å². The van der Waals surface area contributed by atoms with Crippen LogP contribution in [0, 0.1) is 12.8 Å². The molecule has 0 aliphatic carbocycles. The highest BCUT2D eigenvalue weighted by Gasteiger charge is 2.25. The number of carbonyl (C=O) groups is 3. The third-order valence-corrected chi connectivity index (χ3v) is 7.92. The Morgan fingerprint density at radius 2 is 1.60 bits per heavy atom. The number of aryl methyl sites for hydroxylation is 1. The molecule has 45 heavy (non-hydrogen) atoms. The summed E-state index contributed by atoms with van der Waals surface area (Å²) in [6.07, 6.45) is 3.42. The summed E-state index contributed by atoms with van der Waals surface area (Å²) in [5.41, 5.74) is 5.68. The first-order valence-corrected chi connectivity index (χ1v) is 15.3. The van der Waals surface area contributed by atoms with Crippen molar-refractivity contribution in [2.75, 3.05) is 31.1 Å². The number of rotatable bonds is 12. The van der Waals surface area contributed by atoms with Gasteiger partial charge in [0.1, 0.15) is 25.3 Å². The molecule has 1 aliphatic rings. The van der Waals surface area contributed by atoms with Crippen molar-refractivity contribution in [1.29, 1.82) is 0 Å². The lowest BCUT2D eigenvalue weighted by Crippen LogP contribution is -2.35. The van der Waals surface area contributed by atoms with Gasteiger partial charge in [0.05, 0.1) is 12.3 Å². The molecule has 232 valence electrons. The first-order valence-electron chi connectivity index (χ1n) is 15.3. The molecule has 0 saturated carbocycles. The van der Waals surface area contributed by atoms with E-state index in [9.17, 15) is 14.4 Å². The Morgan fingerprint density at radius 3 is 2.24 bits per heavy atom. The van der Waals surface area contributed by atoms with Crippen LogP contribution in [0.25, 0.3) is 11.1 Å². The molecular weight excluding hydrogens is 568 g/mol. The molecule has 1 amide bonds. The van der Waals surface area contributed by atoms with E-state index >= 15 is 0 Å². The molecule has 0 unspecified atom stereocenters. The van der Waals surface area contributed by atoms with Crippen molar-refractivity contribution >= 4 is 23.9 Å². The third-order valence-electron chi connectivity index (χ3n) is 7.92. The van der Waals surface area contributed by atoms with Crippen LogP contribution in [0.3, 0.4) is 0 Å². The van der Waals surface area contributed by atoms with Crippen LogP contribution in [0.2, 0.25) is 0 Å². The first-order chi connectivity index (χ1) is 21.9. The quantitative estimate of drug-likeness (QED) is 0.164. The lowest BCUT2D eigenvalue weighted by atomic mass is 9.92. The van der Waals surface area contributed by atoms with Gasteiger partial charge in [-0.25, -0.2) is 9.97 Å². The Bertz CT molecular complexity index is 1600. The zero-order valence-corrected chi connectivity index (χ0v) is 25.7. The van der Waals surface area contributed by atoms with E-state index in [-0.39, 0.29) is 25.5 Å². The molecule has 9 nitrogen and oxygen atoms in total. The highest BCUT2D eigenvalue weighted by Crippen LogP contribution is 2.29. The zero-order valence-electron chi connectivity index (χ0n) is 25.7. The molecule has 0 spiro atoms. The summed E-state index contributed by atoms with van der Waals surface area (Å²) in [4.78, 5) is 47.8. The highest BCUT2D eigenvalue weighted by molar-refractivity contribution is 5.96. The fourth-order valence-electron chi connectivity index (χ4n) is 5.49. The number of hydrogen-bond donors (Lipinski definition) is 1. The Hall–Kier alpha value is -5.05. The van der Waals surface area contributed by atoms with E-state index in [0.29, 0.717) is 35.2 Å². The average Bonchev–Trinajstić information content (AvgIpc) is 3.07. The molecule has 5 rings (SSSR count). The van der Waals surface area contributed by atoms with Gasteiger partial charge in [0.15, 0.2) is 11.4 Å². The summed E-state index contributed by atoms with van der Waals surface area (Å²) < 4.78 is 11.0. The fraction of sp³-hybridized carbons (Fsp3) is 0.306. The van der Waals surface area contributed by atoms with Gasteiger partial charge < -0.3 is 19.7 Å². The highest BCUT2D eigenvalue weighted by atomic mass is 16.5. The largest absolute Gasteiger partial charge is 0.485 e. The average molecular weight is 607 g/mol. The van der Waals surface area contributed by atoms with E-state index in [1.54, 1.807) is 6.92 Å². The molecule has 9 heteroatoms. The van der Waals surface area contributed by atoms with Crippen molar-refractivity contribution in [1.82, 2.24) is 15.3 Å². The van der Waals surface area contributed by atoms with Crippen molar-refractivity contribution in [2.24, 2.45) is 5.92 Å². The SMILES string of the molecule is CCOC(=O)CNC(=O)c1nc(CC2CCN(c3ccc(-c4ccc(C=O)cc4)cc3)CC2)nc(C)c1OCc1ccccc1. The van der Waals surface area contributed by atoms with Crippen molar-refractivity contribution in [3.05, 3.63) is 107 Å². The number of amides is 1. The number of nitrogens with one attached hydrogen (secondary N) is 1. The maximum absolute atomic E-state index is 13.2. The predicted molar refractivity (Wildman–Crippen MR) is 172 cm³/mol. The lowest BCUT2D eigenvalue weighted by molar-refractivity contribution is -0.141. The second-order valence-corrected chi connectivity index (χ2v) is 11.1. The summed E-state index contributed by atoms with van der Waals surface area (Å²) in [6.45, 7) is 5.58. The van der Waals surface area contributed by atoms with Gasteiger partial charge in [-0.2, -0.15) is 0 Å². The van der Waals surface area contributed by atoms with E-state index < -0.39 is 11.9 Å². The zero-order chi connectivity index (χ0) is 31.6. The van der Waals surface area contributed by atoms with Crippen molar-refractivity contribution in [2.45, 2.75) is 39.7 Å². The normalized spacial score (nSPS) is 13.2. The molecule has 3 aromatic carbocycles. The number of aromatic nitrogens is 2. The predicted octanol–water partition coefficient (Wildman–Crippen LogP) is 5.60. The number of ether oxygens (including phenoxy) is 2. The van der Waals surface area contributed by atoms with Crippen molar-refractivity contribution in [3.63, 3.8) is 0 Å². The smallest absolute Gasteiger partial charge is 0.325 e. The molecule has 0 radical (unpaired) electrons. The summed E-state index contributed by atoms with van der Waals surface area (Å²) in [5.74, 6) is 0.239. The molecule has 1 aromatic heterocycles. The summed E-state index contributed by atoms with van der Waals surface area (Å²) >= 11 is 0. The molecule has 2 heterocycles. The number of piperidine rings is 1. The number of anilines is 1. The van der Waals surface area contributed by atoms with Gasteiger partial charge in [0.2, 0.25) is 0 Å². The number of hydrogen-bond acceptors (Lipinski definition) is 8. The van der Waals surface area contributed by atoms with Gasteiger partial charge in [-0.3, -0.25) is 14.4 Å². The van der Waals surface area contributed by atoms with Gasteiger partial charge in [-0.1, -0.05) is 66.7 Å². The molecule has 1 saturated heterocycles. The maximum atomic E-state index is 13.2. The molecule has 0 atom stereocenters. The van der Waals surface area contributed by atoms with Gasteiger partial charge in [0.25, 0.3) is 5.91 Å². The number of benzene rings is 3. The van der Waals surface area contributed by atoms with Crippen molar-refractivity contribution < 1.29 is 23.9 Å². The van der Waals surface area contributed by atoms with Crippen LogP contribution in [0.15, 0.2) is 78.9 Å². The minimum Gasteiger partial charge on any atom is -0.485 e. The van der Waals surface area contributed by atoms with Crippen LogP contribution in [0.5, 0.6) is 5.75 Å². The van der Waals surface area contributed by atoms with E-state index in [2.05, 4.69) is 39.5 Å². The van der Waals surface area contributed by atoms with Crippen LogP contribution in [0.1, 0.15) is 57.7 Å². The molecule has 1 fully saturated rings. The topological polar surface area (TPSA) is 111 Å². The third kappa shape index (κ3) is 8.32. The maximum Gasteiger partial charge on any atom is 0.325 e. The first kappa shape index (κ1) is 31.4. The minimum atomic E-state index is -0.516. The second kappa shape index (κ2) is 15.1. The van der Waals surface area contributed by atoms with Crippen molar-refractivity contribution in [3.8, 4) is 16.9 Å². The Kier molecular flexibility index (Phi) is 10.5. The van der Waals surface area contributed by atoms with E-state index in [1.807, 2.05) is 61.5 Å². The standard InChI is InChI=1S/C36H38N4O5/c1-3-44-33(42)22-37-36(43)34-35(45-24-28-7-5-4-6-8-28)25(2)38-32(39-34)21-26-17-19-40(20-18-26)31-15-13-30(14-16-31)29-11-9-27(23-41)10-12-29/h4-16,23,26H,3,17-22,24H2,1-2H3,(H,37,43). The minimum absolute atomic E-state index is 0.121. The van der Waals surface area contributed by atoms with Crippen LogP contribution < -0.4 is 15.0 Å². The van der Waals surface area contributed by atoms with E-state index in [0.717, 1.165) is 48.9 Å². The van der Waals surface area contributed by atoms with Crippen LogP contribution >= 0.6 is 0 Å². The van der Waals surface area contributed by atoms with Crippen LogP contribution in [0.4, 0.5) is 5.69 Å². The Balaban J connectivity index is 1.24. The van der Waals surface area contributed by atoms with E-state index in [1.165, 1.54) is 5.69 Å². The molecular formula is C36H38N4O5. The second-order valence-electron chi connectivity index (χ2n) is 11.1. The number of nitrogens with zero attached hydrogens (tertiary/aromatic N) is 3. The van der Waals surface area contributed by atoms with Crippen LogP contribution in [-0.2, 0) is 22.6 Å². The van der Waals surface area contributed by atoms with Gasteiger partial charge >= 0.3 is 5.97 Å². The number of carbonyl (C=O) groups excluding carboxylic acids is 3. The molecule has 1 N–H and O–H groups in total. The van der Waals surface area contributed by atoms with Gasteiger partial charge in [-0.05, 0) is 61.4 Å². The monoisotopic (exact) mass is 606 g/mol. The lowest BCUT2D eigenvalue weighted by Gasteiger charge is -2.33. The molecule has 4 aromatic rings.